The van der Waals surface area contributed by atoms with E-state index in [0.717, 1.165) is 56.3 Å². The lowest BCUT2D eigenvalue weighted by molar-refractivity contribution is 0.0689. The van der Waals surface area contributed by atoms with E-state index in [-0.39, 0.29) is 0 Å². The topological polar surface area (TPSA) is 64.1 Å². The highest BCUT2D eigenvalue weighted by Gasteiger charge is 2.06. The fourth-order valence-electron chi connectivity index (χ4n) is 2.53. The number of aliphatic imine (C=N–C) groups is 1. The summed E-state index contributed by atoms with van der Waals surface area (Å²) in [5, 5.41) is 6.72. The minimum Gasteiger partial charge on any atom is -0.493 e. The van der Waals surface area contributed by atoms with Crippen LogP contribution in [-0.4, -0.2) is 53.1 Å². The van der Waals surface area contributed by atoms with Crippen molar-refractivity contribution in [2.24, 2.45) is 10.9 Å². The number of hydrogen-bond donors (Lipinski definition) is 2. The van der Waals surface area contributed by atoms with Crippen molar-refractivity contribution < 1.29 is 14.2 Å². The first-order valence-corrected chi connectivity index (χ1v) is 10.3. The maximum absolute atomic E-state index is 6.03. The van der Waals surface area contributed by atoms with Crippen LogP contribution in [0.3, 0.4) is 0 Å². The van der Waals surface area contributed by atoms with Crippen molar-refractivity contribution in [2.45, 2.75) is 46.6 Å². The number of aryl methyl sites for hydroxylation is 1. The molecular formula is C22H39N3O3. The van der Waals surface area contributed by atoms with E-state index in [4.69, 9.17) is 14.2 Å². The quantitative estimate of drug-likeness (QED) is 0.288. The molecule has 0 heterocycles. The van der Waals surface area contributed by atoms with E-state index in [9.17, 15) is 0 Å². The number of hydrogen-bond acceptors (Lipinski definition) is 4. The predicted octanol–water partition coefficient (Wildman–Crippen LogP) is 3.53. The predicted molar refractivity (Wildman–Crippen MR) is 116 cm³/mol. The maximum Gasteiger partial charge on any atom is 0.191 e. The van der Waals surface area contributed by atoms with Crippen LogP contribution in [0, 0.1) is 12.8 Å². The molecule has 1 aromatic rings. The Morgan fingerprint density at radius 2 is 1.89 bits per heavy atom. The highest BCUT2D eigenvalue weighted by atomic mass is 16.5. The van der Waals surface area contributed by atoms with E-state index >= 15 is 0 Å². The molecule has 0 aliphatic heterocycles. The molecule has 6 nitrogen and oxygen atoms in total. The lowest BCUT2D eigenvalue weighted by Crippen LogP contribution is -2.37. The van der Waals surface area contributed by atoms with Gasteiger partial charge in [-0.3, -0.25) is 4.99 Å². The molecule has 0 fully saturated rings. The van der Waals surface area contributed by atoms with E-state index < -0.39 is 0 Å². The summed E-state index contributed by atoms with van der Waals surface area (Å²) in [5.74, 6) is 2.39. The number of ether oxygens (including phenoxy) is 3. The van der Waals surface area contributed by atoms with Crippen molar-refractivity contribution in [1.82, 2.24) is 10.6 Å². The van der Waals surface area contributed by atoms with Crippen LogP contribution in [0.4, 0.5) is 0 Å². The van der Waals surface area contributed by atoms with Crippen LogP contribution in [0.2, 0.25) is 0 Å². The number of rotatable bonds is 14. The molecule has 0 atom stereocenters. The van der Waals surface area contributed by atoms with Crippen molar-refractivity contribution in [3.63, 3.8) is 0 Å². The number of nitrogens with one attached hydrogen (secondary N) is 2. The molecule has 0 saturated carbocycles. The molecule has 0 aliphatic rings. The van der Waals surface area contributed by atoms with E-state index in [2.05, 4.69) is 54.6 Å². The van der Waals surface area contributed by atoms with Crippen molar-refractivity contribution in [1.29, 1.82) is 0 Å². The Hall–Kier alpha value is -1.79. The Morgan fingerprint density at radius 3 is 2.61 bits per heavy atom. The third kappa shape index (κ3) is 11.1. The highest BCUT2D eigenvalue weighted by Crippen LogP contribution is 2.21. The molecule has 1 rings (SSSR count). The fourth-order valence-corrected chi connectivity index (χ4v) is 2.53. The molecule has 6 heteroatoms. The van der Waals surface area contributed by atoms with Gasteiger partial charge in [0, 0.05) is 39.4 Å². The lowest BCUT2D eigenvalue weighted by Gasteiger charge is -2.16. The summed E-state index contributed by atoms with van der Waals surface area (Å²) in [5.41, 5.74) is 2.35. The molecule has 0 bridgehead atoms. The summed E-state index contributed by atoms with van der Waals surface area (Å²) in [6.07, 6.45) is 3.10. The second kappa shape index (κ2) is 15.2. The van der Waals surface area contributed by atoms with Crippen LogP contribution in [0.25, 0.3) is 0 Å². The summed E-state index contributed by atoms with van der Waals surface area (Å²) < 4.78 is 16.5. The van der Waals surface area contributed by atoms with Crippen molar-refractivity contribution in [3.05, 3.63) is 29.3 Å². The molecule has 2 N–H and O–H groups in total. The number of nitrogens with zero attached hydrogens (tertiary/aromatic N) is 1. The van der Waals surface area contributed by atoms with Crippen molar-refractivity contribution in [3.8, 4) is 5.75 Å². The largest absolute Gasteiger partial charge is 0.493 e. The second-order valence-electron chi connectivity index (χ2n) is 7.31. The molecular weight excluding hydrogens is 354 g/mol. The normalized spacial score (nSPS) is 11.7. The Kier molecular flexibility index (Phi) is 13.1. The number of benzene rings is 1. The zero-order valence-electron chi connectivity index (χ0n) is 18.3. The molecule has 0 saturated heterocycles. The van der Waals surface area contributed by atoms with E-state index in [1.54, 1.807) is 14.2 Å². The zero-order valence-corrected chi connectivity index (χ0v) is 18.3. The van der Waals surface area contributed by atoms with E-state index in [0.29, 0.717) is 25.7 Å². The third-order valence-electron chi connectivity index (χ3n) is 4.29. The highest BCUT2D eigenvalue weighted by molar-refractivity contribution is 5.79. The van der Waals surface area contributed by atoms with Gasteiger partial charge in [0.05, 0.1) is 19.8 Å². The molecule has 0 aliphatic carbocycles. The van der Waals surface area contributed by atoms with E-state index in [1.807, 2.05) is 0 Å². The van der Waals surface area contributed by atoms with Crippen LogP contribution < -0.4 is 15.4 Å². The van der Waals surface area contributed by atoms with E-state index in [1.165, 1.54) is 5.56 Å². The molecule has 160 valence electrons. The second-order valence-corrected chi connectivity index (χ2v) is 7.31. The van der Waals surface area contributed by atoms with Crippen LogP contribution in [0.1, 0.15) is 44.2 Å². The molecule has 0 radical (unpaired) electrons. The van der Waals surface area contributed by atoms with Crippen LogP contribution in [-0.2, 0) is 16.0 Å². The molecule has 1 aromatic carbocycles. The number of unbranched alkanes of at least 4 members (excludes halogenated alkanes) is 1. The summed E-state index contributed by atoms with van der Waals surface area (Å²) in [7, 11) is 3.47. The van der Waals surface area contributed by atoms with Gasteiger partial charge in [0.25, 0.3) is 0 Å². The third-order valence-corrected chi connectivity index (χ3v) is 4.29. The zero-order chi connectivity index (χ0) is 20.6. The Bertz CT molecular complexity index is 562. The summed E-state index contributed by atoms with van der Waals surface area (Å²) in [6, 6.07) is 6.35. The average Bonchev–Trinajstić information content (AvgIpc) is 2.67. The van der Waals surface area contributed by atoms with Crippen molar-refractivity contribution >= 4 is 5.96 Å². The molecule has 0 amide bonds. The lowest BCUT2D eigenvalue weighted by atomic mass is 10.1. The number of methoxy groups -OCH3 is 1. The van der Waals surface area contributed by atoms with Crippen LogP contribution in [0.5, 0.6) is 5.75 Å². The minimum atomic E-state index is 0.639. The van der Waals surface area contributed by atoms with Crippen LogP contribution in [0.15, 0.2) is 23.2 Å². The van der Waals surface area contributed by atoms with Gasteiger partial charge in [0.1, 0.15) is 5.75 Å². The number of guanidine groups is 1. The molecule has 0 spiro atoms. The standard InChI is InChI=1S/C22H39N3O3/c1-18(2)10-13-28-21-16-19(3)8-9-20(21)17-25-22(23-4)24-11-6-7-12-27-15-14-26-5/h8-9,16,18H,6-7,10-15,17H2,1-5H3,(H2,23,24,25). The van der Waals surface area contributed by atoms with Crippen molar-refractivity contribution in [2.75, 3.05) is 47.1 Å². The minimum absolute atomic E-state index is 0.639. The average molecular weight is 394 g/mol. The molecule has 28 heavy (non-hydrogen) atoms. The SMILES string of the molecule is CN=C(NCCCCOCCOC)NCc1ccc(C)cc1OCCC(C)C. The first-order valence-electron chi connectivity index (χ1n) is 10.3. The maximum atomic E-state index is 6.03. The van der Waals surface area contributed by atoms with Gasteiger partial charge in [-0.15, -0.1) is 0 Å². The van der Waals surface area contributed by atoms with Crippen LogP contribution >= 0.6 is 0 Å². The van der Waals surface area contributed by atoms with Gasteiger partial charge in [-0.1, -0.05) is 26.0 Å². The van der Waals surface area contributed by atoms with Gasteiger partial charge in [-0.05, 0) is 43.7 Å². The molecule has 0 unspecified atom stereocenters. The summed E-state index contributed by atoms with van der Waals surface area (Å²) in [4.78, 5) is 4.30. The van der Waals surface area contributed by atoms with Gasteiger partial charge >= 0.3 is 0 Å². The summed E-state index contributed by atoms with van der Waals surface area (Å²) >= 11 is 0. The monoisotopic (exact) mass is 393 g/mol. The summed E-state index contributed by atoms with van der Waals surface area (Å²) in [6.45, 7) is 10.9. The van der Waals surface area contributed by atoms with Gasteiger partial charge in [0.2, 0.25) is 0 Å². The Labute approximate surface area is 171 Å². The Balaban J connectivity index is 2.36. The molecule has 0 aromatic heterocycles. The van der Waals surface area contributed by atoms with Gasteiger partial charge in [-0.25, -0.2) is 0 Å². The van der Waals surface area contributed by atoms with Gasteiger partial charge in [-0.2, -0.15) is 0 Å². The van der Waals surface area contributed by atoms with Gasteiger partial charge < -0.3 is 24.8 Å². The smallest absolute Gasteiger partial charge is 0.191 e. The first-order chi connectivity index (χ1) is 13.6. The fraction of sp³-hybridized carbons (Fsp3) is 0.682. The Morgan fingerprint density at radius 1 is 1.07 bits per heavy atom. The van der Waals surface area contributed by atoms with Gasteiger partial charge in [0.15, 0.2) is 5.96 Å². The first kappa shape index (κ1) is 24.2.